The fraction of sp³-hybridized carbons (Fsp3) is 0.500. The zero-order valence-electron chi connectivity index (χ0n) is 12.0. The second kappa shape index (κ2) is 6.34. The summed E-state index contributed by atoms with van der Waals surface area (Å²) >= 11 is 0. The topological polar surface area (TPSA) is 0 Å². The lowest BCUT2D eigenvalue weighted by Gasteiger charge is -2.28. The van der Waals surface area contributed by atoms with Crippen molar-refractivity contribution in [1.82, 2.24) is 0 Å². The summed E-state index contributed by atoms with van der Waals surface area (Å²) in [6, 6.07) is 2.49. The average molecular weight is 322 g/mol. The summed E-state index contributed by atoms with van der Waals surface area (Å²) in [4.78, 5) is 0. The van der Waals surface area contributed by atoms with Crippen LogP contribution in [0.25, 0.3) is 0 Å². The predicted molar refractivity (Wildman–Crippen MR) is 71.0 cm³/mol. The van der Waals surface area contributed by atoms with Crippen molar-refractivity contribution in [3.8, 4) is 0 Å². The zero-order valence-corrected chi connectivity index (χ0v) is 12.0. The third kappa shape index (κ3) is 3.84. The van der Waals surface area contributed by atoms with Crippen LogP contribution >= 0.6 is 0 Å². The summed E-state index contributed by atoms with van der Waals surface area (Å²) in [7, 11) is 0. The third-order valence-corrected chi connectivity index (χ3v) is 4.06. The molecular weight excluding hydrogens is 306 g/mol. The van der Waals surface area contributed by atoms with Crippen LogP contribution < -0.4 is 0 Å². The molecule has 1 aromatic carbocycles. The Kier molecular flexibility index (Phi) is 4.87. The Hall–Kier alpha value is -1.46. The number of benzene rings is 1. The number of aryl methyl sites for hydroxylation is 1. The van der Waals surface area contributed by atoms with Crippen LogP contribution in [-0.4, -0.2) is 6.18 Å². The molecule has 122 valence electrons. The van der Waals surface area contributed by atoms with Gasteiger partial charge in [-0.05, 0) is 68.2 Å². The number of halogens is 6. The fourth-order valence-electron chi connectivity index (χ4n) is 2.98. The normalized spacial score (nSPS) is 23.7. The van der Waals surface area contributed by atoms with Gasteiger partial charge in [0.1, 0.15) is 11.6 Å². The van der Waals surface area contributed by atoms with Crippen molar-refractivity contribution >= 4 is 0 Å². The summed E-state index contributed by atoms with van der Waals surface area (Å²) < 4.78 is 77.1. The standard InChI is InChI=1S/C16H16F6/c1-9-6-12(17)15(13(18)7-9)11-4-2-10(3-5-11)8-14(19)16(20,21)22/h6-8,10-11H,2-5H2,1H3. The molecule has 1 fully saturated rings. The van der Waals surface area contributed by atoms with Crippen LogP contribution in [0, 0.1) is 24.5 Å². The first kappa shape index (κ1) is 16.9. The highest BCUT2D eigenvalue weighted by atomic mass is 19.4. The SMILES string of the molecule is Cc1cc(F)c(C2CCC(C=C(F)C(F)(F)F)CC2)c(F)c1. The summed E-state index contributed by atoms with van der Waals surface area (Å²) in [5.74, 6) is -4.27. The Morgan fingerprint density at radius 2 is 1.55 bits per heavy atom. The molecule has 22 heavy (non-hydrogen) atoms. The van der Waals surface area contributed by atoms with Gasteiger partial charge < -0.3 is 0 Å². The summed E-state index contributed by atoms with van der Waals surface area (Å²) in [5, 5.41) is 0. The minimum atomic E-state index is -4.97. The van der Waals surface area contributed by atoms with Gasteiger partial charge in [0.25, 0.3) is 0 Å². The Morgan fingerprint density at radius 1 is 1.05 bits per heavy atom. The van der Waals surface area contributed by atoms with E-state index in [1.54, 1.807) is 6.92 Å². The number of hydrogen-bond acceptors (Lipinski definition) is 0. The van der Waals surface area contributed by atoms with E-state index in [1.807, 2.05) is 0 Å². The maximum absolute atomic E-state index is 13.9. The molecule has 0 aromatic heterocycles. The van der Waals surface area contributed by atoms with Gasteiger partial charge in [-0.25, -0.2) is 13.2 Å². The van der Waals surface area contributed by atoms with E-state index in [-0.39, 0.29) is 24.3 Å². The minimum Gasteiger partial charge on any atom is -0.207 e. The van der Waals surface area contributed by atoms with E-state index in [0.29, 0.717) is 24.5 Å². The molecule has 6 heteroatoms. The number of rotatable bonds is 2. The molecule has 0 heterocycles. The first-order chi connectivity index (χ1) is 10.2. The average Bonchev–Trinajstić information content (AvgIpc) is 2.38. The van der Waals surface area contributed by atoms with Gasteiger partial charge in [-0.3, -0.25) is 0 Å². The Labute approximate surface area is 124 Å². The number of hydrogen-bond donors (Lipinski definition) is 0. The molecule has 1 saturated carbocycles. The van der Waals surface area contributed by atoms with E-state index in [1.165, 1.54) is 12.1 Å². The van der Waals surface area contributed by atoms with Gasteiger partial charge in [0.05, 0.1) is 0 Å². The number of allylic oxidation sites excluding steroid dienone is 2. The van der Waals surface area contributed by atoms with Crippen LogP contribution in [0.1, 0.15) is 42.7 Å². The molecule has 1 aliphatic carbocycles. The van der Waals surface area contributed by atoms with Crippen LogP contribution in [0.3, 0.4) is 0 Å². The summed E-state index contributed by atoms with van der Waals surface area (Å²) in [6.07, 6.45) is -3.15. The molecule has 0 unspecified atom stereocenters. The van der Waals surface area contributed by atoms with E-state index in [9.17, 15) is 26.3 Å². The fourth-order valence-corrected chi connectivity index (χ4v) is 2.98. The predicted octanol–water partition coefficient (Wildman–Crippen LogP) is 5.96. The van der Waals surface area contributed by atoms with Gasteiger partial charge in [0, 0.05) is 5.56 Å². The van der Waals surface area contributed by atoms with Gasteiger partial charge in [-0.1, -0.05) is 0 Å². The monoisotopic (exact) mass is 322 g/mol. The number of alkyl halides is 3. The highest BCUT2D eigenvalue weighted by molar-refractivity contribution is 5.29. The quantitative estimate of drug-likeness (QED) is 0.589. The maximum atomic E-state index is 13.9. The maximum Gasteiger partial charge on any atom is 0.442 e. The van der Waals surface area contributed by atoms with Crippen LogP contribution in [0.4, 0.5) is 26.3 Å². The molecule has 0 saturated heterocycles. The van der Waals surface area contributed by atoms with Gasteiger partial charge >= 0.3 is 6.18 Å². The lowest BCUT2D eigenvalue weighted by Crippen LogP contribution is -2.16. The van der Waals surface area contributed by atoms with Crippen molar-refractivity contribution in [2.24, 2.45) is 5.92 Å². The summed E-state index contributed by atoms with van der Waals surface area (Å²) in [6.45, 7) is 1.58. The summed E-state index contributed by atoms with van der Waals surface area (Å²) in [5.41, 5.74) is 0.465. The van der Waals surface area contributed by atoms with Gasteiger partial charge in [-0.2, -0.15) is 13.2 Å². The second-order valence-corrected chi connectivity index (χ2v) is 5.77. The Bertz CT molecular complexity index is 541. The molecule has 0 bridgehead atoms. The first-order valence-electron chi connectivity index (χ1n) is 7.08. The van der Waals surface area contributed by atoms with E-state index in [2.05, 4.69) is 0 Å². The van der Waals surface area contributed by atoms with Crippen LogP contribution in [0.2, 0.25) is 0 Å². The molecule has 2 rings (SSSR count). The van der Waals surface area contributed by atoms with Crippen molar-refractivity contribution in [2.75, 3.05) is 0 Å². The first-order valence-corrected chi connectivity index (χ1v) is 7.08. The molecule has 0 N–H and O–H groups in total. The van der Waals surface area contributed by atoms with E-state index >= 15 is 0 Å². The van der Waals surface area contributed by atoms with E-state index < -0.39 is 29.6 Å². The lowest BCUT2D eigenvalue weighted by atomic mass is 9.78. The Morgan fingerprint density at radius 3 is 2.00 bits per heavy atom. The van der Waals surface area contributed by atoms with Gasteiger partial charge in [0.15, 0.2) is 5.83 Å². The molecule has 1 aromatic rings. The highest BCUT2D eigenvalue weighted by Gasteiger charge is 2.36. The third-order valence-electron chi connectivity index (χ3n) is 4.06. The van der Waals surface area contributed by atoms with E-state index in [4.69, 9.17) is 0 Å². The van der Waals surface area contributed by atoms with Crippen molar-refractivity contribution in [2.45, 2.75) is 44.7 Å². The van der Waals surface area contributed by atoms with Crippen LogP contribution in [0.5, 0.6) is 0 Å². The van der Waals surface area contributed by atoms with Crippen LogP contribution in [-0.2, 0) is 0 Å². The van der Waals surface area contributed by atoms with Crippen LogP contribution in [0.15, 0.2) is 24.0 Å². The van der Waals surface area contributed by atoms with Gasteiger partial charge in [0.2, 0.25) is 0 Å². The van der Waals surface area contributed by atoms with Gasteiger partial charge in [-0.15, -0.1) is 0 Å². The minimum absolute atomic E-state index is 0.00989. The molecule has 0 spiro atoms. The Balaban J connectivity index is 2.07. The molecule has 0 atom stereocenters. The molecule has 0 nitrogen and oxygen atoms in total. The van der Waals surface area contributed by atoms with Crippen molar-refractivity contribution in [3.63, 3.8) is 0 Å². The largest absolute Gasteiger partial charge is 0.442 e. The smallest absolute Gasteiger partial charge is 0.207 e. The van der Waals surface area contributed by atoms with Crippen molar-refractivity contribution < 1.29 is 26.3 Å². The van der Waals surface area contributed by atoms with Crippen molar-refractivity contribution in [3.05, 3.63) is 46.8 Å². The second-order valence-electron chi connectivity index (χ2n) is 5.77. The van der Waals surface area contributed by atoms with Crippen molar-refractivity contribution in [1.29, 1.82) is 0 Å². The molecule has 0 radical (unpaired) electrons. The molecular formula is C16H16F6. The highest BCUT2D eigenvalue weighted by Crippen LogP contribution is 2.40. The molecule has 0 aliphatic heterocycles. The molecule has 1 aliphatic rings. The van der Waals surface area contributed by atoms with E-state index in [0.717, 1.165) is 0 Å². The zero-order chi connectivity index (χ0) is 16.5. The lowest BCUT2D eigenvalue weighted by molar-refractivity contribution is -0.109. The molecule has 0 amide bonds.